The predicted octanol–water partition coefficient (Wildman–Crippen LogP) is 1.03. The highest BCUT2D eigenvalue weighted by Gasteiger charge is 2.10. The quantitative estimate of drug-likeness (QED) is 0.668. The van der Waals surface area contributed by atoms with Crippen LogP contribution in [0.15, 0.2) is 0 Å². The molecule has 0 bridgehead atoms. The van der Waals surface area contributed by atoms with Gasteiger partial charge >= 0.3 is 0 Å². The molecule has 1 rings (SSSR count). The molecular formula is C14H31N3O. The average molecular weight is 257 g/mol. The summed E-state index contributed by atoms with van der Waals surface area (Å²) >= 11 is 0. The molecule has 1 saturated heterocycles. The molecule has 0 aromatic carbocycles. The maximum atomic E-state index is 5.84. The second-order valence-corrected chi connectivity index (χ2v) is 5.20. The lowest BCUT2D eigenvalue weighted by Crippen LogP contribution is -2.46. The van der Waals surface area contributed by atoms with E-state index in [1.165, 1.54) is 19.6 Å². The van der Waals surface area contributed by atoms with Gasteiger partial charge in [0.25, 0.3) is 0 Å². The Kier molecular flexibility index (Phi) is 8.59. The molecule has 0 atom stereocenters. The fourth-order valence-electron chi connectivity index (χ4n) is 2.26. The van der Waals surface area contributed by atoms with Gasteiger partial charge in [0.15, 0.2) is 0 Å². The van der Waals surface area contributed by atoms with Crippen LogP contribution in [0.2, 0.25) is 0 Å². The summed E-state index contributed by atoms with van der Waals surface area (Å²) in [6, 6.07) is 0. The molecule has 1 heterocycles. The third-order valence-electron chi connectivity index (χ3n) is 3.74. The third-order valence-corrected chi connectivity index (χ3v) is 3.74. The molecule has 108 valence electrons. The fraction of sp³-hybridized carbons (Fsp3) is 1.00. The molecule has 1 aliphatic heterocycles. The first kappa shape index (κ1) is 15.9. The highest BCUT2D eigenvalue weighted by molar-refractivity contribution is 4.68. The van der Waals surface area contributed by atoms with E-state index >= 15 is 0 Å². The number of likely N-dealkylation sites (N-methyl/N-ethyl adjacent to an activating group) is 1. The Hall–Kier alpha value is -0.160. The van der Waals surface area contributed by atoms with E-state index in [4.69, 9.17) is 4.74 Å². The first-order chi connectivity index (χ1) is 8.76. The van der Waals surface area contributed by atoms with E-state index in [9.17, 15) is 0 Å². The molecule has 0 aliphatic carbocycles. The van der Waals surface area contributed by atoms with Gasteiger partial charge in [-0.25, -0.2) is 0 Å². The standard InChI is InChI=1S/C14H31N3O/c1-4-14(5-2)18-13-12-16(3)10-11-17-8-6-15-7-9-17/h14-15H,4-13H2,1-3H3. The summed E-state index contributed by atoms with van der Waals surface area (Å²) in [4.78, 5) is 4.92. The van der Waals surface area contributed by atoms with E-state index in [1.807, 2.05) is 0 Å². The van der Waals surface area contributed by atoms with Crippen molar-refractivity contribution in [1.82, 2.24) is 15.1 Å². The normalized spacial score (nSPS) is 17.8. The Balaban J connectivity index is 2.00. The fourth-order valence-corrected chi connectivity index (χ4v) is 2.26. The van der Waals surface area contributed by atoms with Crippen LogP contribution < -0.4 is 5.32 Å². The largest absolute Gasteiger partial charge is 0.377 e. The van der Waals surface area contributed by atoms with Crippen LogP contribution in [-0.4, -0.2) is 75.4 Å². The van der Waals surface area contributed by atoms with Crippen LogP contribution >= 0.6 is 0 Å². The van der Waals surface area contributed by atoms with Crippen molar-refractivity contribution in [3.05, 3.63) is 0 Å². The molecule has 0 radical (unpaired) electrons. The van der Waals surface area contributed by atoms with E-state index in [0.29, 0.717) is 6.10 Å². The Bertz CT molecular complexity index is 191. The topological polar surface area (TPSA) is 27.7 Å². The molecule has 18 heavy (non-hydrogen) atoms. The number of ether oxygens (including phenoxy) is 1. The van der Waals surface area contributed by atoms with E-state index in [0.717, 1.165) is 45.6 Å². The third kappa shape index (κ3) is 6.69. The minimum Gasteiger partial charge on any atom is -0.377 e. The molecule has 0 amide bonds. The molecule has 4 nitrogen and oxygen atoms in total. The molecule has 0 spiro atoms. The smallest absolute Gasteiger partial charge is 0.0597 e. The van der Waals surface area contributed by atoms with Crippen LogP contribution in [0, 0.1) is 0 Å². The SMILES string of the molecule is CCC(CC)OCCN(C)CCN1CCNCC1. The summed E-state index contributed by atoms with van der Waals surface area (Å²) in [6.45, 7) is 13.3. The summed E-state index contributed by atoms with van der Waals surface area (Å²) in [5, 5.41) is 3.39. The number of hydrogen-bond donors (Lipinski definition) is 1. The Morgan fingerprint density at radius 3 is 2.44 bits per heavy atom. The first-order valence-electron chi connectivity index (χ1n) is 7.49. The van der Waals surface area contributed by atoms with Crippen LogP contribution in [0.5, 0.6) is 0 Å². The zero-order valence-corrected chi connectivity index (χ0v) is 12.5. The van der Waals surface area contributed by atoms with Gasteiger partial charge in [-0.2, -0.15) is 0 Å². The number of rotatable bonds is 9. The zero-order valence-electron chi connectivity index (χ0n) is 12.5. The first-order valence-corrected chi connectivity index (χ1v) is 7.49. The van der Waals surface area contributed by atoms with Crippen molar-refractivity contribution in [2.75, 3.05) is 59.5 Å². The summed E-state index contributed by atoms with van der Waals surface area (Å²) < 4.78 is 5.84. The van der Waals surface area contributed by atoms with E-state index in [2.05, 4.69) is 36.0 Å². The van der Waals surface area contributed by atoms with Gasteiger partial charge in [-0.3, -0.25) is 4.90 Å². The Morgan fingerprint density at radius 1 is 1.17 bits per heavy atom. The summed E-state index contributed by atoms with van der Waals surface area (Å²) in [7, 11) is 2.19. The molecule has 1 aliphatic rings. The van der Waals surface area contributed by atoms with Gasteiger partial charge in [0.1, 0.15) is 0 Å². The number of piperazine rings is 1. The van der Waals surface area contributed by atoms with E-state index < -0.39 is 0 Å². The monoisotopic (exact) mass is 257 g/mol. The van der Waals surface area contributed by atoms with Gasteiger partial charge in [-0.05, 0) is 19.9 Å². The lowest BCUT2D eigenvalue weighted by molar-refractivity contribution is 0.0354. The molecule has 1 fully saturated rings. The van der Waals surface area contributed by atoms with Crippen LogP contribution in [0.3, 0.4) is 0 Å². The Labute approximate surface area is 113 Å². The van der Waals surface area contributed by atoms with Gasteiger partial charge < -0.3 is 15.0 Å². The minimum atomic E-state index is 0.451. The van der Waals surface area contributed by atoms with Crippen molar-refractivity contribution in [2.24, 2.45) is 0 Å². The second-order valence-electron chi connectivity index (χ2n) is 5.20. The average Bonchev–Trinajstić information content (AvgIpc) is 2.42. The van der Waals surface area contributed by atoms with E-state index in [-0.39, 0.29) is 0 Å². The molecule has 1 N–H and O–H groups in total. The molecule has 0 aromatic rings. The van der Waals surface area contributed by atoms with Crippen molar-refractivity contribution in [3.8, 4) is 0 Å². The molecule has 4 heteroatoms. The lowest BCUT2D eigenvalue weighted by Gasteiger charge is -2.29. The van der Waals surface area contributed by atoms with Gasteiger partial charge in [0.05, 0.1) is 12.7 Å². The summed E-state index contributed by atoms with van der Waals surface area (Å²) in [5.74, 6) is 0. The van der Waals surface area contributed by atoms with E-state index in [1.54, 1.807) is 0 Å². The van der Waals surface area contributed by atoms with Crippen molar-refractivity contribution in [2.45, 2.75) is 32.8 Å². The highest BCUT2D eigenvalue weighted by Crippen LogP contribution is 2.02. The van der Waals surface area contributed by atoms with Crippen LogP contribution in [0.1, 0.15) is 26.7 Å². The van der Waals surface area contributed by atoms with Crippen LogP contribution in [0.25, 0.3) is 0 Å². The Morgan fingerprint density at radius 2 is 1.83 bits per heavy atom. The maximum Gasteiger partial charge on any atom is 0.0597 e. The van der Waals surface area contributed by atoms with Crippen LogP contribution in [-0.2, 0) is 4.74 Å². The summed E-state index contributed by atoms with van der Waals surface area (Å²) in [5.41, 5.74) is 0. The predicted molar refractivity (Wildman–Crippen MR) is 77.1 cm³/mol. The maximum absolute atomic E-state index is 5.84. The molecular weight excluding hydrogens is 226 g/mol. The summed E-state index contributed by atoms with van der Waals surface area (Å²) in [6.07, 6.45) is 2.70. The number of nitrogens with zero attached hydrogens (tertiary/aromatic N) is 2. The minimum absolute atomic E-state index is 0.451. The molecule has 0 aromatic heterocycles. The van der Waals surface area contributed by atoms with Gasteiger partial charge in [0, 0.05) is 45.8 Å². The number of hydrogen-bond acceptors (Lipinski definition) is 4. The lowest BCUT2D eigenvalue weighted by atomic mass is 10.2. The van der Waals surface area contributed by atoms with Gasteiger partial charge in [-0.15, -0.1) is 0 Å². The number of nitrogens with one attached hydrogen (secondary N) is 1. The van der Waals surface area contributed by atoms with Crippen molar-refractivity contribution >= 4 is 0 Å². The molecule has 0 unspecified atom stereocenters. The van der Waals surface area contributed by atoms with Crippen LogP contribution in [0.4, 0.5) is 0 Å². The molecule has 0 saturated carbocycles. The van der Waals surface area contributed by atoms with Crippen molar-refractivity contribution in [1.29, 1.82) is 0 Å². The highest BCUT2D eigenvalue weighted by atomic mass is 16.5. The van der Waals surface area contributed by atoms with Crippen molar-refractivity contribution in [3.63, 3.8) is 0 Å². The van der Waals surface area contributed by atoms with Gasteiger partial charge in [-0.1, -0.05) is 13.8 Å². The van der Waals surface area contributed by atoms with Gasteiger partial charge in [0.2, 0.25) is 0 Å². The zero-order chi connectivity index (χ0) is 13.2. The van der Waals surface area contributed by atoms with Crippen molar-refractivity contribution < 1.29 is 4.74 Å². The second kappa shape index (κ2) is 9.73.